The number of H-pyrrole nitrogens is 1. The van der Waals surface area contributed by atoms with Crippen molar-refractivity contribution in [3.05, 3.63) is 64.6 Å². The summed E-state index contributed by atoms with van der Waals surface area (Å²) in [7, 11) is 0. The maximum Gasteiger partial charge on any atom is 0.221 e. The molecule has 0 fully saturated rings. The van der Waals surface area contributed by atoms with E-state index in [1.807, 2.05) is 0 Å². The number of aromatic amines is 1. The molecule has 1 amide bonds. The van der Waals surface area contributed by atoms with E-state index in [0.717, 1.165) is 0 Å². The number of hydrogen-bond donors (Lipinski definition) is 2. The minimum Gasteiger partial charge on any atom is -0.350 e. The van der Waals surface area contributed by atoms with Crippen molar-refractivity contribution in [1.29, 1.82) is 0 Å². The average molecular weight is 331 g/mol. The minimum atomic E-state index is -0.424. The van der Waals surface area contributed by atoms with Crippen molar-refractivity contribution < 1.29 is 14.0 Å². The third-order valence-corrected chi connectivity index (χ3v) is 3.63. The number of anilines is 1. The van der Waals surface area contributed by atoms with Gasteiger partial charge in [-0.15, -0.1) is 0 Å². The normalized spacial score (nSPS) is 10.7. The van der Waals surface area contributed by atoms with E-state index in [-0.39, 0.29) is 17.4 Å². The van der Waals surface area contributed by atoms with Crippen LogP contribution in [0, 0.1) is 5.82 Å². The molecule has 0 saturated heterocycles. The third kappa shape index (κ3) is 2.96. The lowest BCUT2D eigenvalue weighted by atomic mass is 10.1. The Morgan fingerprint density at radius 3 is 2.48 bits per heavy atom. The summed E-state index contributed by atoms with van der Waals surface area (Å²) in [6, 6.07) is 10.3. The van der Waals surface area contributed by atoms with Crippen molar-refractivity contribution >= 4 is 39.9 Å². The molecule has 0 aliphatic heterocycles. The van der Waals surface area contributed by atoms with Crippen molar-refractivity contribution in [3.63, 3.8) is 0 Å². The van der Waals surface area contributed by atoms with E-state index in [9.17, 15) is 14.0 Å². The number of halogens is 2. The molecule has 3 aromatic rings. The zero-order valence-corrected chi connectivity index (χ0v) is 12.9. The van der Waals surface area contributed by atoms with Gasteiger partial charge in [0.15, 0.2) is 0 Å². The van der Waals surface area contributed by atoms with Crippen LogP contribution in [0.3, 0.4) is 0 Å². The lowest BCUT2D eigenvalue weighted by Crippen LogP contribution is -2.11. The van der Waals surface area contributed by atoms with Crippen LogP contribution in [-0.4, -0.2) is 16.7 Å². The molecule has 2 aromatic carbocycles. The molecule has 4 nitrogen and oxygen atoms in total. The van der Waals surface area contributed by atoms with E-state index in [4.69, 9.17) is 11.6 Å². The summed E-state index contributed by atoms with van der Waals surface area (Å²) in [4.78, 5) is 27.1. The first-order valence-corrected chi connectivity index (χ1v) is 7.22. The zero-order valence-electron chi connectivity index (χ0n) is 12.1. The Kier molecular flexibility index (Phi) is 3.88. The molecule has 0 aliphatic rings. The molecule has 1 heterocycles. The molecule has 0 aliphatic carbocycles. The van der Waals surface area contributed by atoms with Crippen LogP contribution in [0.4, 0.5) is 10.1 Å². The van der Waals surface area contributed by atoms with E-state index < -0.39 is 5.82 Å². The van der Waals surface area contributed by atoms with E-state index >= 15 is 0 Å². The molecule has 0 bridgehead atoms. The molecule has 2 N–H and O–H groups in total. The van der Waals surface area contributed by atoms with Gasteiger partial charge in [-0.1, -0.05) is 11.6 Å². The number of carbonyl (C=O) groups is 2. The lowest BCUT2D eigenvalue weighted by molar-refractivity contribution is -0.114. The summed E-state index contributed by atoms with van der Waals surface area (Å²) in [6.45, 7) is 1.36. The van der Waals surface area contributed by atoms with Gasteiger partial charge < -0.3 is 10.3 Å². The molecular formula is C17H12ClFN2O2. The van der Waals surface area contributed by atoms with Crippen LogP contribution in [0.2, 0.25) is 5.02 Å². The predicted octanol–water partition coefficient (Wildman–Crippen LogP) is 4.15. The van der Waals surface area contributed by atoms with Gasteiger partial charge >= 0.3 is 0 Å². The van der Waals surface area contributed by atoms with Crippen molar-refractivity contribution in [2.24, 2.45) is 0 Å². The minimum absolute atomic E-state index is 0.226. The zero-order chi connectivity index (χ0) is 16.6. The Morgan fingerprint density at radius 1 is 1.13 bits per heavy atom. The second kappa shape index (κ2) is 5.85. The standard InChI is InChI=1S/C17H12ClFN2O2/c1-9(22)20-15-13-7-4-11(18)8-14(13)21-16(15)17(23)10-2-5-12(19)6-3-10/h2-8,21H,1H3,(H,20,22). The fourth-order valence-electron chi connectivity index (χ4n) is 2.39. The summed E-state index contributed by atoms with van der Waals surface area (Å²) in [6.07, 6.45) is 0. The first-order chi connectivity index (χ1) is 11.0. The quantitative estimate of drug-likeness (QED) is 0.709. The van der Waals surface area contributed by atoms with Gasteiger partial charge in [0.25, 0.3) is 0 Å². The number of amides is 1. The Bertz CT molecular complexity index is 916. The van der Waals surface area contributed by atoms with E-state index in [1.54, 1.807) is 18.2 Å². The second-order valence-electron chi connectivity index (χ2n) is 5.08. The number of ketones is 1. The van der Waals surface area contributed by atoms with Crippen molar-refractivity contribution in [3.8, 4) is 0 Å². The van der Waals surface area contributed by atoms with E-state index in [0.29, 0.717) is 27.2 Å². The van der Waals surface area contributed by atoms with Gasteiger partial charge in [0.1, 0.15) is 11.5 Å². The number of aromatic nitrogens is 1. The number of fused-ring (bicyclic) bond motifs is 1. The summed E-state index contributed by atoms with van der Waals surface area (Å²) in [5, 5.41) is 3.85. The van der Waals surface area contributed by atoms with Crippen molar-refractivity contribution in [2.75, 3.05) is 5.32 Å². The molecule has 0 saturated carbocycles. The van der Waals surface area contributed by atoms with Gasteiger partial charge in [0.2, 0.25) is 11.7 Å². The average Bonchev–Trinajstić information content (AvgIpc) is 2.84. The van der Waals surface area contributed by atoms with Gasteiger partial charge in [0.05, 0.1) is 5.69 Å². The van der Waals surface area contributed by atoms with Gasteiger partial charge in [-0.2, -0.15) is 0 Å². The SMILES string of the molecule is CC(=O)Nc1c(C(=O)c2ccc(F)cc2)[nH]c2cc(Cl)ccc12. The van der Waals surface area contributed by atoms with E-state index in [1.165, 1.54) is 31.2 Å². The van der Waals surface area contributed by atoms with Gasteiger partial charge in [-0.25, -0.2) is 4.39 Å². The maximum absolute atomic E-state index is 13.0. The highest BCUT2D eigenvalue weighted by Crippen LogP contribution is 2.31. The fourth-order valence-corrected chi connectivity index (χ4v) is 2.56. The van der Waals surface area contributed by atoms with E-state index in [2.05, 4.69) is 10.3 Å². The van der Waals surface area contributed by atoms with Crippen LogP contribution in [-0.2, 0) is 4.79 Å². The molecular weight excluding hydrogens is 319 g/mol. The van der Waals surface area contributed by atoms with Crippen LogP contribution >= 0.6 is 11.6 Å². The number of benzene rings is 2. The first-order valence-electron chi connectivity index (χ1n) is 6.85. The van der Waals surface area contributed by atoms with Crippen LogP contribution in [0.15, 0.2) is 42.5 Å². The Labute approximate surface area is 136 Å². The Morgan fingerprint density at radius 2 is 1.83 bits per heavy atom. The van der Waals surface area contributed by atoms with Crippen LogP contribution in [0.5, 0.6) is 0 Å². The third-order valence-electron chi connectivity index (χ3n) is 3.40. The number of nitrogens with one attached hydrogen (secondary N) is 2. The van der Waals surface area contributed by atoms with Gasteiger partial charge in [-0.3, -0.25) is 9.59 Å². The molecule has 6 heteroatoms. The highest BCUT2D eigenvalue weighted by Gasteiger charge is 2.20. The molecule has 23 heavy (non-hydrogen) atoms. The number of rotatable bonds is 3. The fraction of sp³-hybridized carbons (Fsp3) is 0.0588. The second-order valence-corrected chi connectivity index (χ2v) is 5.52. The largest absolute Gasteiger partial charge is 0.350 e. The topological polar surface area (TPSA) is 62.0 Å². The summed E-state index contributed by atoms with van der Waals surface area (Å²) in [5.41, 5.74) is 1.56. The van der Waals surface area contributed by atoms with Crippen molar-refractivity contribution in [2.45, 2.75) is 6.92 Å². The Balaban J connectivity index is 2.16. The summed E-state index contributed by atoms with van der Waals surface area (Å²) < 4.78 is 13.0. The monoisotopic (exact) mass is 330 g/mol. The summed E-state index contributed by atoms with van der Waals surface area (Å²) >= 11 is 5.97. The molecule has 0 radical (unpaired) electrons. The maximum atomic E-state index is 13.0. The molecule has 1 aromatic heterocycles. The van der Waals surface area contributed by atoms with Gasteiger partial charge in [-0.05, 0) is 42.5 Å². The molecule has 116 valence electrons. The lowest BCUT2D eigenvalue weighted by Gasteiger charge is -2.05. The smallest absolute Gasteiger partial charge is 0.221 e. The highest BCUT2D eigenvalue weighted by atomic mass is 35.5. The number of hydrogen-bond acceptors (Lipinski definition) is 2. The highest BCUT2D eigenvalue weighted by molar-refractivity contribution is 6.31. The number of carbonyl (C=O) groups excluding carboxylic acids is 2. The van der Waals surface area contributed by atoms with Gasteiger partial charge in [0, 0.05) is 28.4 Å². The molecule has 0 spiro atoms. The Hall–Kier alpha value is -2.66. The van der Waals surface area contributed by atoms with Crippen LogP contribution in [0.1, 0.15) is 23.0 Å². The summed E-state index contributed by atoms with van der Waals surface area (Å²) in [5.74, 6) is -1.07. The van der Waals surface area contributed by atoms with Crippen LogP contribution < -0.4 is 5.32 Å². The molecule has 0 atom stereocenters. The van der Waals surface area contributed by atoms with Crippen LogP contribution in [0.25, 0.3) is 10.9 Å². The molecule has 3 rings (SSSR count). The first kappa shape index (κ1) is 15.2. The van der Waals surface area contributed by atoms with Crippen molar-refractivity contribution in [1.82, 2.24) is 4.98 Å². The predicted molar refractivity (Wildman–Crippen MR) is 87.4 cm³/mol. The molecule has 0 unspecified atom stereocenters.